The predicted octanol–water partition coefficient (Wildman–Crippen LogP) is 6.41. The summed E-state index contributed by atoms with van der Waals surface area (Å²) < 4.78 is 12.5. The SMILES string of the molecule is CCOc1c(Br)cc(/C=C2/N=C(SCc3ccc(Cl)cc3)SC2=O)cc1OC. The summed E-state index contributed by atoms with van der Waals surface area (Å²) in [6.45, 7) is 2.44. The molecule has 146 valence electrons. The number of hydrogen-bond donors (Lipinski definition) is 0. The first-order valence-corrected chi connectivity index (χ1v) is 11.4. The fourth-order valence-corrected chi connectivity index (χ4v) is 4.94. The highest BCUT2D eigenvalue weighted by molar-refractivity contribution is 9.10. The topological polar surface area (TPSA) is 47.9 Å². The Hall–Kier alpha value is -1.41. The number of aliphatic imine (C=N–C) groups is 1. The molecule has 0 unspecified atom stereocenters. The summed E-state index contributed by atoms with van der Waals surface area (Å²) in [6, 6.07) is 11.4. The van der Waals surface area contributed by atoms with Crippen LogP contribution in [0.25, 0.3) is 6.08 Å². The van der Waals surface area contributed by atoms with Crippen molar-refractivity contribution in [3.05, 3.63) is 62.7 Å². The number of carbonyl (C=O) groups excluding carboxylic acids is 1. The molecular weight excluding hydrogens is 482 g/mol. The minimum atomic E-state index is -0.0671. The molecule has 0 fully saturated rings. The van der Waals surface area contributed by atoms with Gasteiger partial charge in [0.1, 0.15) is 10.1 Å². The molecule has 0 aliphatic carbocycles. The van der Waals surface area contributed by atoms with E-state index in [1.54, 1.807) is 13.2 Å². The summed E-state index contributed by atoms with van der Waals surface area (Å²) in [5, 5.41) is 0.640. The van der Waals surface area contributed by atoms with Gasteiger partial charge in [0, 0.05) is 10.8 Å². The van der Waals surface area contributed by atoms with Crippen molar-refractivity contribution < 1.29 is 14.3 Å². The Balaban J connectivity index is 1.77. The predicted molar refractivity (Wildman–Crippen MR) is 123 cm³/mol. The smallest absolute Gasteiger partial charge is 0.244 e. The molecule has 0 saturated carbocycles. The lowest BCUT2D eigenvalue weighted by molar-refractivity contribution is -0.107. The molecule has 2 aromatic carbocycles. The minimum Gasteiger partial charge on any atom is -0.493 e. The van der Waals surface area contributed by atoms with Crippen LogP contribution < -0.4 is 9.47 Å². The monoisotopic (exact) mass is 497 g/mol. The van der Waals surface area contributed by atoms with E-state index in [4.69, 9.17) is 21.1 Å². The van der Waals surface area contributed by atoms with Crippen LogP contribution in [0, 0.1) is 0 Å². The van der Waals surface area contributed by atoms with E-state index in [2.05, 4.69) is 20.9 Å². The molecule has 0 bridgehead atoms. The van der Waals surface area contributed by atoms with E-state index in [-0.39, 0.29) is 5.12 Å². The summed E-state index contributed by atoms with van der Waals surface area (Å²) in [5.41, 5.74) is 2.35. The maximum absolute atomic E-state index is 12.3. The first-order chi connectivity index (χ1) is 13.5. The summed E-state index contributed by atoms with van der Waals surface area (Å²) >= 11 is 12.1. The summed E-state index contributed by atoms with van der Waals surface area (Å²) in [6.07, 6.45) is 1.76. The van der Waals surface area contributed by atoms with Crippen molar-refractivity contribution >= 4 is 66.6 Å². The third-order valence-corrected chi connectivity index (χ3v) is 6.64. The van der Waals surface area contributed by atoms with Crippen LogP contribution >= 0.6 is 51.1 Å². The standard InChI is InChI=1S/C20H17BrClNO3S2/c1-3-26-18-15(21)8-13(10-17(18)25-2)9-16-19(24)28-20(23-16)27-11-12-4-6-14(22)7-5-12/h4-10H,3,11H2,1-2H3/b16-9+. The van der Waals surface area contributed by atoms with Crippen molar-refractivity contribution in [3.8, 4) is 11.5 Å². The summed E-state index contributed by atoms with van der Waals surface area (Å²) in [7, 11) is 1.58. The van der Waals surface area contributed by atoms with Crippen LogP contribution in [-0.2, 0) is 10.5 Å². The maximum Gasteiger partial charge on any atom is 0.244 e. The Morgan fingerprint density at radius 3 is 2.71 bits per heavy atom. The fourth-order valence-electron chi connectivity index (χ4n) is 2.44. The lowest BCUT2D eigenvalue weighted by Crippen LogP contribution is -1.97. The van der Waals surface area contributed by atoms with Crippen molar-refractivity contribution in [1.82, 2.24) is 0 Å². The molecule has 1 aliphatic heterocycles. The molecule has 28 heavy (non-hydrogen) atoms. The van der Waals surface area contributed by atoms with E-state index in [9.17, 15) is 4.79 Å². The Morgan fingerprint density at radius 2 is 2.04 bits per heavy atom. The Labute approximate surface area is 185 Å². The summed E-state index contributed by atoms with van der Waals surface area (Å²) in [5.74, 6) is 1.97. The third kappa shape index (κ3) is 5.35. The van der Waals surface area contributed by atoms with Gasteiger partial charge in [0.15, 0.2) is 11.5 Å². The second kappa shape index (κ2) is 9.87. The fraction of sp³-hybridized carbons (Fsp3) is 0.200. The van der Waals surface area contributed by atoms with E-state index < -0.39 is 0 Å². The van der Waals surface area contributed by atoms with Gasteiger partial charge in [0.25, 0.3) is 0 Å². The number of benzene rings is 2. The minimum absolute atomic E-state index is 0.0671. The normalized spacial score (nSPS) is 15.1. The molecule has 0 spiro atoms. The van der Waals surface area contributed by atoms with Crippen molar-refractivity contribution in [2.75, 3.05) is 13.7 Å². The van der Waals surface area contributed by atoms with Gasteiger partial charge in [-0.15, -0.1) is 0 Å². The highest BCUT2D eigenvalue weighted by atomic mass is 79.9. The lowest BCUT2D eigenvalue weighted by Gasteiger charge is -2.12. The number of methoxy groups -OCH3 is 1. The van der Waals surface area contributed by atoms with Crippen molar-refractivity contribution in [2.24, 2.45) is 4.99 Å². The number of ether oxygens (including phenoxy) is 2. The molecular formula is C20H17BrClNO3S2. The average molecular weight is 499 g/mol. The molecule has 0 saturated heterocycles. The quantitative estimate of drug-likeness (QED) is 0.430. The van der Waals surface area contributed by atoms with E-state index >= 15 is 0 Å². The molecule has 2 aromatic rings. The molecule has 0 atom stereocenters. The number of hydrogen-bond acceptors (Lipinski definition) is 6. The Bertz CT molecular complexity index is 945. The van der Waals surface area contributed by atoms with Crippen LogP contribution in [-0.4, -0.2) is 23.2 Å². The molecule has 3 rings (SSSR count). The number of carbonyl (C=O) groups is 1. The van der Waals surface area contributed by atoms with Crippen LogP contribution in [0.15, 0.2) is 51.6 Å². The van der Waals surface area contributed by atoms with Gasteiger partial charge < -0.3 is 9.47 Å². The molecule has 0 radical (unpaired) electrons. The Morgan fingerprint density at radius 1 is 1.29 bits per heavy atom. The molecule has 4 nitrogen and oxygen atoms in total. The first kappa shape index (κ1) is 21.3. The molecule has 1 heterocycles. The van der Waals surface area contributed by atoms with Gasteiger partial charge >= 0.3 is 0 Å². The van der Waals surface area contributed by atoms with E-state index in [1.807, 2.05) is 43.3 Å². The van der Waals surface area contributed by atoms with Crippen LogP contribution in [0.1, 0.15) is 18.1 Å². The van der Waals surface area contributed by atoms with Crippen molar-refractivity contribution in [1.29, 1.82) is 0 Å². The lowest BCUT2D eigenvalue weighted by atomic mass is 10.1. The van der Waals surface area contributed by atoms with E-state index in [0.29, 0.717) is 28.8 Å². The van der Waals surface area contributed by atoms with Gasteiger partial charge in [-0.2, -0.15) is 0 Å². The third-order valence-electron chi connectivity index (χ3n) is 3.72. The maximum atomic E-state index is 12.3. The van der Waals surface area contributed by atoms with Crippen molar-refractivity contribution in [2.45, 2.75) is 12.7 Å². The Kier molecular flexibility index (Phi) is 7.51. The van der Waals surface area contributed by atoms with Gasteiger partial charge in [-0.3, -0.25) is 4.79 Å². The number of nitrogens with zero attached hydrogens (tertiary/aromatic N) is 1. The van der Waals surface area contributed by atoms with Crippen LogP contribution in [0.4, 0.5) is 0 Å². The molecule has 1 aliphatic rings. The van der Waals surface area contributed by atoms with Gasteiger partial charge in [0.2, 0.25) is 5.12 Å². The van der Waals surface area contributed by atoms with Gasteiger partial charge in [0.05, 0.1) is 18.2 Å². The molecule has 8 heteroatoms. The van der Waals surface area contributed by atoms with Crippen LogP contribution in [0.3, 0.4) is 0 Å². The molecule has 0 amide bonds. The number of rotatable bonds is 6. The zero-order valence-corrected chi connectivity index (χ0v) is 19.2. The largest absolute Gasteiger partial charge is 0.493 e. The van der Waals surface area contributed by atoms with Crippen LogP contribution in [0.5, 0.6) is 11.5 Å². The van der Waals surface area contributed by atoms with Crippen LogP contribution in [0.2, 0.25) is 5.02 Å². The average Bonchev–Trinajstić information content (AvgIpc) is 3.02. The highest BCUT2D eigenvalue weighted by Crippen LogP contribution is 2.38. The summed E-state index contributed by atoms with van der Waals surface area (Å²) in [4.78, 5) is 16.8. The van der Waals surface area contributed by atoms with Crippen molar-refractivity contribution in [3.63, 3.8) is 0 Å². The second-order valence-electron chi connectivity index (χ2n) is 5.68. The first-order valence-electron chi connectivity index (χ1n) is 8.40. The highest BCUT2D eigenvalue weighted by Gasteiger charge is 2.23. The van der Waals surface area contributed by atoms with E-state index in [1.165, 1.54) is 11.8 Å². The number of halogens is 2. The second-order valence-corrected chi connectivity index (χ2v) is 9.15. The van der Waals surface area contributed by atoms with Gasteiger partial charge in [-0.1, -0.05) is 35.5 Å². The molecule has 0 aromatic heterocycles. The van der Waals surface area contributed by atoms with Gasteiger partial charge in [-0.25, -0.2) is 4.99 Å². The molecule has 0 N–H and O–H groups in total. The van der Waals surface area contributed by atoms with E-state index in [0.717, 1.165) is 37.5 Å². The zero-order valence-electron chi connectivity index (χ0n) is 15.2. The number of thioether (sulfide) groups is 2. The zero-order chi connectivity index (χ0) is 20.1. The van der Waals surface area contributed by atoms with Gasteiger partial charge in [-0.05, 0) is 76.1 Å².